The first-order chi connectivity index (χ1) is 18.5. The van der Waals surface area contributed by atoms with E-state index in [1.807, 2.05) is 0 Å². The van der Waals surface area contributed by atoms with E-state index in [9.17, 15) is 27.6 Å². The highest BCUT2D eigenvalue weighted by molar-refractivity contribution is 8.18. The number of anilines is 1. The molecule has 2 heterocycles. The average molecular weight is 581 g/mol. The first kappa shape index (κ1) is 27.2. The Kier molecular flexibility index (Phi) is 7.67. The Morgan fingerprint density at radius 3 is 2.54 bits per heavy atom. The Morgan fingerprint density at radius 2 is 1.87 bits per heavy atom. The molecule has 2 amide bonds. The van der Waals surface area contributed by atoms with E-state index in [0.717, 1.165) is 30.7 Å². The lowest BCUT2D eigenvalue weighted by Crippen LogP contribution is -2.27. The molecule has 0 radical (unpaired) electrons. The number of carboxylic acid groups (broad SMARTS) is 1. The summed E-state index contributed by atoms with van der Waals surface area (Å²) in [5, 5.41) is 14.7. The maximum absolute atomic E-state index is 13.9. The van der Waals surface area contributed by atoms with Crippen LogP contribution in [0.15, 0.2) is 34.3 Å². The van der Waals surface area contributed by atoms with Crippen LogP contribution in [0.4, 0.5) is 24.0 Å². The van der Waals surface area contributed by atoms with Crippen LogP contribution in [0.5, 0.6) is 5.75 Å². The molecule has 0 unspecified atom stereocenters. The summed E-state index contributed by atoms with van der Waals surface area (Å²) < 4.78 is 47.4. The normalized spacial score (nSPS) is 23.6. The van der Waals surface area contributed by atoms with E-state index >= 15 is 0 Å². The van der Waals surface area contributed by atoms with Crippen LogP contribution in [0.2, 0.25) is 0 Å². The minimum Gasteiger partial charge on any atom is -0.490 e. The Labute approximate surface area is 228 Å². The number of thiazole rings is 1. The molecule has 2 aromatic rings. The van der Waals surface area contributed by atoms with E-state index < -0.39 is 29.5 Å². The first-order valence-corrected chi connectivity index (χ1v) is 13.9. The van der Waals surface area contributed by atoms with Gasteiger partial charge in [0.1, 0.15) is 5.75 Å². The van der Waals surface area contributed by atoms with Gasteiger partial charge in [-0.05, 0) is 74.6 Å². The number of aromatic nitrogens is 1. The van der Waals surface area contributed by atoms with Crippen LogP contribution in [0.3, 0.4) is 0 Å². The zero-order chi connectivity index (χ0) is 27.7. The topological polar surface area (TPSA) is 130 Å². The maximum atomic E-state index is 13.9. The number of nitrogens with one attached hydrogen (secondary N) is 2. The van der Waals surface area contributed by atoms with Crippen LogP contribution in [0.1, 0.15) is 49.0 Å². The van der Waals surface area contributed by atoms with Gasteiger partial charge in [-0.15, -0.1) is 0 Å². The summed E-state index contributed by atoms with van der Waals surface area (Å²) in [6, 6.07) is 3.43. The van der Waals surface area contributed by atoms with Crippen LogP contribution < -0.4 is 15.4 Å². The molecule has 1 aromatic heterocycles. The summed E-state index contributed by atoms with van der Waals surface area (Å²) in [4.78, 5) is 44.5. The average Bonchev–Trinajstić information content (AvgIpc) is 3.56. The molecule has 1 aliphatic heterocycles. The van der Waals surface area contributed by atoms with Gasteiger partial charge < -0.3 is 20.5 Å². The molecule has 9 nitrogen and oxygen atoms in total. The van der Waals surface area contributed by atoms with Gasteiger partial charge in [-0.1, -0.05) is 11.3 Å². The molecule has 1 aromatic carbocycles. The third kappa shape index (κ3) is 6.79. The summed E-state index contributed by atoms with van der Waals surface area (Å²) in [6.45, 7) is 0. The van der Waals surface area contributed by atoms with Gasteiger partial charge in [-0.25, -0.2) is 9.98 Å². The number of hydrogen-bond donors (Lipinski definition) is 3. The monoisotopic (exact) mass is 580 g/mol. The highest BCUT2D eigenvalue weighted by Crippen LogP contribution is 2.41. The molecule has 3 aliphatic rings. The summed E-state index contributed by atoms with van der Waals surface area (Å²) >= 11 is 2.08. The predicted octanol–water partition coefficient (Wildman–Crippen LogP) is 5.42. The number of hydrogen-bond acceptors (Lipinski definition) is 8. The van der Waals surface area contributed by atoms with Crippen molar-refractivity contribution in [3.8, 4) is 5.75 Å². The smallest absolute Gasteiger partial charge is 0.418 e. The van der Waals surface area contributed by atoms with Crippen LogP contribution in [0, 0.1) is 11.8 Å². The van der Waals surface area contributed by atoms with Crippen LogP contribution >= 0.6 is 23.1 Å². The van der Waals surface area contributed by atoms with Gasteiger partial charge in [-0.2, -0.15) is 13.2 Å². The number of carbonyl (C=O) groups excluding carboxylic acids is 2. The summed E-state index contributed by atoms with van der Waals surface area (Å²) in [7, 11) is 0. The number of benzene rings is 1. The van der Waals surface area contributed by atoms with Crippen molar-refractivity contribution in [2.45, 2.75) is 50.8 Å². The summed E-state index contributed by atoms with van der Waals surface area (Å²) in [5.74, 6) is -1.90. The van der Waals surface area contributed by atoms with Gasteiger partial charge in [0.2, 0.25) is 5.91 Å². The van der Waals surface area contributed by atoms with Crippen molar-refractivity contribution < 1.29 is 37.4 Å². The molecule has 0 spiro atoms. The molecule has 2 saturated carbocycles. The zero-order valence-electron chi connectivity index (χ0n) is 20.3. The fraction of sp³-hybridized carbons (Fsp3) is 0.400. The predicted molar refractivity (Wildman–Crippen MR) is 140 cm³/mol. The summed E-state index contributed by atoms with van der Waals surface area (Å²) in [6.07, 6.45) is 1.34. The highest BCUT2D eigenvalue weighted by atomic mass is 32.2. The van der Waals surface area contributed by atoms with Gasteiger partial charge in [0.25, 0.3) is 5.91 Å². The molecule has 206 valence electrons. The Morgan fingerprint density at radius 1 is 1.15 bits per heavy atom. The number of amides is 2. The van der Waals surface area contributed by atoms with Gasteiger partial charge in [-0.3, -0.25) is 14.4 Å². The molecule has 2 aliphatic carbocycles. The number of nitrogens with zero attached hydrogens (tertiary/aromatic N) is 2. The van der Waals surface area contributed by atoms with Crippen molar-refractivity contribution in [3.63, 3.8) is 0 Å². The Bertz CT molecular complexity index is 1360. The summed E-state index contributed by atoms with van der Waals surface area (Å²) in [5.41, 5.74) is -1.39. The molecule has 0 bridgehead atoms. The lowest BCUT2D eigenvalue weighted by atomic mass is 9.87. The number of aliphatic carboxylic acids is 1. The van der Waals surface area contributed by atoms with E-state index in [2.05, 4.69) is 20.6 Å². The fourth-order valence-corrected chi connectivity index (χ4v) is 5.88. The molecule has 3 N–H and O–H groups in total. The van der Waals surface area contributed by atoms with Crippen molar-refractivity contribution in [2.24, 2.45) is 16.8 Å². The second kappa shape index (κ2) is 11.0. The zero-order valence-corrected chi connectivity index (χ0v) is 21.9. The third-order valence-electron chi connectivity index (χ3n) is 6.45. The van der Waals surface area contributed by atoms with Crippen molar-refractivity contribution in [1.29, 1.82) is 0 Å². The lowest BCUT2D eigenvalue weighted by Gasteiger charge is -2.27. The Balaban J connectivity index is 1.28. The first-order valence-electron chi connectivity index (χ1n) is 12.2. The molecule has 39 heavy (non-hydrogen) atoms. The number of thioether (sulfide) groups is 1. The maximum Gasteiger partial charge on any atom is 0.418 e. The fourth-order valence-electron chi connectivity index (χ4n) is 4.22. The number of carboxylic acids is 1. The molecule has 0 atom stereocenters. The van der Waals surface area contributed by atoms with Crippen LogP contribution in [0.25, 0.3) is 6.08 Å². The number of amidine groups is 1. The van der Waals surface area contributed by atoms with E-state index in [-0.39, 0.29) is 39.4 Å². The Hall–Kier alpha value is -3.39. The van der Waals surface area contributed by atoms with Crippen molar-refractivity contribution >= 4 is 62.9 Å². The second-order valence-electron chi connectivity index (χ2n) is 9.42. The molecule has 1 saturated heterocycles. The second-order valence-corrected chi connectivity index (χ2v) is 11.5. The van der Waals surface area contributed by atoms with Gasteiger partial charge in [0.05, 0.1) is 33.1 Å². The largest absolute Gasteiger partial charge is 0.490 e. The number of ether oxygens (including phenoxy) is 1. The van der Waals surface area contributed by atoms with E-state index in [0.29, 0.717) is 35.7 Å². The van der Waals surface area contributed by atoms with Crippen molar-refractivity contribution in [1.82, 2.24) is 10.3 Å². The van der Waals surface area contributed by atoms with Crippen molar-refractivity contribution in [2.75, 3.05) is 5.32 Å². The molecular weight excluding hydrogens is 557 g/mol. The van der Waals surface area contributed by atoms with Crippen LogP contribution in [-0.2, 0) is 20.6 Å². The van der Waals surface area contributed by atoms with Gasteiger partial charge in [0, 0.05) is 12.1 Å². The number of carbonyl (C=O) groups is 3. The minimum absolute atomic E-state index is 0.0100. The molecule has 3 fully saturated rings. The van der Waals surface area contributed by atoms with Crippen LogP contribution in [-0.4, -0.2) is 39.1 Å². The van der Waals surface area contributed by atoms with E-state index in [1.165, 1.54) is 35.7 Å². The van der Waals surface area contributed by atoms with Gasteiger partial charge >= 0.3 is 12.1 Å². The van der Waals surface area contributed by atoms with Crippen molar-refractivity contribution in [3.05, 3.63) is 39.7 Å². The minimum atomic E-state index is -4.73. The standard InChI is InChI=1S/C25H23F3N4O5S2/c26-25(27,28)17-9-15(37-14-5-3-13(4-6-14)22(35)36)7-8-18(17)30-24-32-21(34)19(39-24)10-16-11-29-23(38-16)31-20(33)12-1-2-12/h7-14H,1-6H2,(H,35,36)(H,29,31,33)(H,30,32,34). The number of halogens is 3. The van der Waals surface area contributed by atoms with E-state index in [1.54, 1.807) is 0 Å². The highest BCUT2D eigenvalue weighted by Gasteiger charge is 2.36. The molecule has 14 heteroatoms. The third-order valence-corrected chi connectivity index (χ3v) is 8.22. The van der Waals surface area contributed by atoms with Gasteiger partial charge in [0.15, 0.2) is 10.3 Å². The molecule has 5 rings (SSSR count). The van der Waals surface area contributed by atoms with E-state index in [4.69, 9.17) is 9.84 Å². The SMILES string of the molecule is O=C1NC(=Nc2ccc(OC3CCC(C(=O)O)CC3)cc2C(F)(F)F)SC1=Cc1cnc(NC(=O)C2CC2)s1. The molecular formula is C25H23F3N4O5S2. The quantitative estimate of drug-likeness (QED) is 0.373. The number of alkyl halides is 3. The number of aliphatic imine (C=N–C) groups is 1. The lowest BCUT2D eigenvalue weighted by molar-refractivity contribution is -0.143. The number of rotatable bonds is 7.